The third kappa shape index (κ3) is 3.87. The minimum absolute atomic E-state index is 0.0712. The van der Waals surface area contributed by atoms with E-state index in [2.05, 4.69) is 4.98 Å². The molecule has 2 amide bonds. The smallest absolute Gasteiger partial charge is 0.339 e. The lowest BCUT2D eigenvalue weighted by Crippen LogP contribution is -2.52. The molecule has 2 aromatic heterocycles. The first-order chi connectivity index (χ1) is 14.2. The molecule has 2 aliphatic rings. The summed E-state index contributed by atoms with van der Waals surface area (Å²) in [5.74, 6) is -0.745. The van der Waals surface area contributed by atoms with Crippen molar-refractivity contribution < 1.29 is 22.8 Å². The van der Waals surface area contributed by atoms with E-state index in [4.69, 9.17) is 11.6 Å². The van der Waals surface area contributed by atoms with Crippen LogP contribution in [0, 0.1) is 0 Å². The molecule has 1 aliphatic carbocycles. The number of imidazole rings is 1. The Balaban J connectivity index is 1.65. The molecular formula is C20H22ClF3N4O2. The maximum atomic E-state index is 13.6. The second-order valence-corrected chi connectivity index (χ2v) is 8.22. The average molecular weight is 443 g/mol. The van der Waals surface area contributed by atoms with Gasteiger partial charge in [0.1, 0.15) is 11.7 Å². The number of hydrogen-bond donors (Lipinski definition) is 0. The van der Waals surface area contributed by atoms with Crippen molar-refractivity contribution in [1.29, 1.82) is 0 Å². The number of carbonyl (C=O) groups excluding carboxylic acids is 2. The van der Waals surface area contributed by atoms with Crippen molar-refractivity contribution in [3.8, 4) is 0 Å². The van der Waals surface area contributed by atoms with Crippen LogP contribution >= 0.6 is 11.6 Å². The van der Waals surface area contributed by atoms with E-state index < -0.39 is 23.3 Å². The number of hydrogen-bond acceptors (Lipinski definition) is 3. The maximum absolute atomic E-state index is 13.6. The predicted octanol–water partition coefficient (Wildman–Crippen LogP) is 3.97. The topological polar surface area (TPSA) is 57.9 Å². The summed E-state index contributed by atoms with van der Waals surface area (Å²) in [5.41, 5.74) is -1.03. The van der Waals surface area contributed by atoms with Gasteiger partial charge >= 0.3 is 6.18 Å². The Morgan fingerprint density at radius 2 is 2.03 bits per heavy atom. The highest BCUT2D eigenvalue weighted by molar-refractivity contribution is 6.33. The van der Waals surface area contributed by atoms with Gasteiger partial charge in [-0.3, -0.25) is 14.0 Å². The van der Waals surface area contributed by atoms with Crippen molar-refractivity contribution in [3.63, 3.8) is 0 Å². The van der Waals surface area contributed by atoms with Crippen LogP contribution in [0.4, 0.5) is 13.2 Å². The summed E-state index contributed by atoms with van der Waals surface area (Å²) in [5, 5.41) is -0.163. The number of pyridine rings is 1. The van der Waals surface area contributed by atoms with Gasteiger partial charge in [-0.2, -0.15) is 13.2 Å². The van der Waals surface area contributed by atoms with E-state index in [9.17, 15) is 22.8 Å². The molecule has 0 bridgehead atoms. The standard InChI is InChI=1S/C20H22ClF3N4O2/c1-2-3-6-26-7-8-27(11-15(26)29)19(30)16-17(21)28-10-13(12-4-5-12)9-14(18(28)25-16)20(22,23)24/h9-10,12H,2-8,11H2,1H3. The van der Waals surface area contributed by atoms with E-state index in [0.717, 1.165) is 36.2 Å². The van der Waals surface area contributed by atoms with Gasteiger partial charge in [0.05, 0.1) is 5.56 Å². The monoisotopic (exact) mass is 442 g/mol. The van der Waals surface area contributed by atoms with Crippen LogP contribution in [0.3, 0.4) is 0 Å². The minimum Gasteiger partial charge on any atom is -0.339 e. The number of piperazine rings is 1. The first kappa shape index (κ1) is 21.0. The molecule has 6 nitrogen and oxygen atoms in total. The number of fused-ring (bicyclic) bond motifs is 1. The van der Waals surface area contributed by atoms with E-state index in [1.54, 1.807) is 4.90 Å². The fourth-order valence-corrected chi connectivity index (χ4v) is 3.99. The highest BCUT2D eigenvalue weighted by Crippen LogP contribution is 2.43. The molecule has 30 heavy (non-hydrogen) atoms. The van der Waals surface area contributed by atoms with Crippen LogP contribution in [0.5, 0.6) is 0 Å². The van der Waals surface area contributed by atoms with Gasteiger partial charge in [-0.25, -0.2) is 4.98 Å². The number of nitrogens with zero attached hydrogens (tertiary/aromatic N) is 4. The molecule has 0 spiro atoms. The molecule has 3 heterocycles. The summed E-state index contributed by atoms with van der Waals surface area (Å²) in [7, 11) is 0. The molecule has 1 saturated carbocycles. The molecule has 0 atom stereocenters. The van der Waals surface area contributed by atoms with Crippen LogP contribution in [-0.4, -0.2) is 57.2 Å². The van der Waals surface area contributed by atoms with Gasteiger partial charge in [0.2, 0.25) is 5.91 Å². The third-order valence-electron chi connectivity index (χ3n) is 5.63. The third-order valence-corrected chi connectivity index (χ3v) is 5.99. The molecule has 0 N–H and O–H groups in total. The molecule has 0 aromatic carbocycles. The Morgan fingerprint density at radius 1 is 1.30 bits per heavy atom. The fraction of sp³-hybridized carbons (Fsp3) is 0.550. The molecule has 2 fully saturated rings. The van der Waals surface area contributed by atoms with Gasteiger partial charge in [0.25, 0.3) is 5.91 Å². The average Bonchev–Trinajstić information content (AvgIpc) is 3.49. The van der Waals surface area contributed by atoms with Crippen molar-refractivity contribution in [3.05, 3.63) is 34.2 Å². The van der Waals surface area contributed by atoms with Gasteiger partial charge in [0, 0.05) is 25.8 Å². The van der Waals surface area contributed by atoms with Crippen LogP contribution in [-0.2, 0) is 11.0 Å². The maximum Gasteiger partial charge on any atom is 0.419 e. The minimum atomic E-state index is -4.62. The van der Waals surface area contributed by atoms with E-state index in [1.807, 2.05) is 6.92 Å². The Bertz CT molecular complexity index is 1000. The van der Waals surface area contributed by atoms with Crippen molar-refractivity contribution in [2.24, 2.45) is 0 Å². The summed E-state index contributed by atoms with van der Waals surface area (Å²) < 4.78 is 42.0. The van der Waals surface area contributed by atoms with Crippen molar-refractivity contribution >= 4 is 29.1 Å². The molecule has 2 aromatic rings. The Labute approximate surface area is 176 Å². The molecule has 0 unspecified atom stereocenters. The van der Waals surface area contributed by atoms with Gasteiger partial charge < -0.3 is 9.80 Å². The van der Waals surface area contributed by atoms with E-state index in [0.29, 0.717) is 18.7 Å². The van der Waals surface area contributed by atoms with Crippen molar-refractivity contribution in [2.45, 2.75) is 44.7 Å². The zero-order chi connectivity index (χ0) is 21.6. The van der Waals surface area contributed by atoms with E-state index >= 15 is 0 Å². The largest absolute Gasteiger partial charge is 0.419 e. The zero-order valence-electron chi connectivity index (χ0n) is 16.5. The Morgan fingerprint density at radius 3 is 2.63 bits per heavy atom. The van der Waals surface area contributed by atoms with Gasteiger partial charge in [-0.15, -0.1) is 0 Å². The summed E-state index contributed by atoms with van der Waals surface area (Å²) in [6.45, 7) is 3.20. The normalized spacial score (nSPS) is 17.8. The Hall–Kier alpha value is -2.29. The first-order valence-corrected chi connectivity index (χ1v) is 10.4. The Kier molecular flexibility index (Phi) is 5.42. The molecule has 0 radical (unpaired) electrons. The van der Waals surface area contributed by atoms with E-state index in [1.165, 1.54) is 11.1 Å². The second kappa shape index (κ2) is 7.76. The number of carbonyl (C=O) groups is 2. The molecule has 1 saturated heterocycles. The first-order valence-electron chi connectivity index (χ1n) is 10.1. The fourth-order valence-electron chi connectivity index (χ4n) is 3.74. The van der Waals surface area contributed by atoms with Crippen molar-refractivity contribution in [2.75, 3.05) is 26.2 Å². The molecule has 4 rings (SSSR count). The predicted molar refractivity (Wildman–Crippen MR) is 105 cm³/mol. The number of halogens is 4. The van der Waals surface area contributed by atoms with Crippen LogP contribution in [0.25, 0.3) is 5.65 Å². The number of rotatable bonds is 5. The quantitative estimate of drug-likeness (QED) is 0.704. The summed E-state index contributed by atoms with van der Waals surface area (Å²) >= 11 is 6.31. The van der Waals surface area contributed by atoms with Gasteiger partial charge in [0.15, 0.2) is 11.3 Å². The lowest BCUT2D eigenvalue weighted by atomic mass is 10.1. The summed E-state index contributed by atoms with van der Waals surface area (Å²) in [4.78, 5) is 32.3. The number of amides is 2. The summed E-state index contributed by atoms with van der Waals surface area (Å²) in [6.07, 6.45) is 0.385. The van der Waals surface area contributed by atoms with E-state index in [-0.39, 0.29) is 35.8 Å². The lowest BCUT2D eigenvalue weighted by Gasteiger charge is -2.34. The SMILES string of the molecule is CCCCN1CCN(C(=O)c2nc3c(C(F)(F)F)cc(C4CC4)cn3c2Cl)CC1=O. The van der Waals surface area contributed by atoms with Crippen LogP contribution in [0.1, 0.15) is 60.1 Å². The van der Waals surface area contributed by atoms with Gasteiger partial charge in [-0.1, -0.05) is 24.9 Å². The number of alkyl halides is 3. The summed E-state index contributed by atoms with van der Waals surface area (Å²) in [6, 6.07) is 1.10. The molecular weight excluding hydrogens is 421 g/mol. The molecule has 10 heteroatoms. The number of aromatic nitrogens is 2. The molecule has 162 valence electrons. The highest BCUT2D eigenvalue weighted by Gasteiger charge is 2.38. The van der Waals surface area contributed by atoms with Crippen molar-refractivity contribution in [1.82, 2.24) is 19.2 Å². The zero-order valence-corrected chi connectivity index (χ0v) is 17.3. The van der Waals surface area contributed by atoms with Crippen LogP contribution < -0.4 is 0 Å². The highest BCUT2D eigenvalue weighted by atomic mass is 35.5. The van der Waals surface area contributed by atoms with Gasteiger partial charge in [-0.05, 0) is 36.8 Å². The number of unbranched alkanes of at least 4 members (excludes halogenated alkanes) is 1. The molecule has 1 aliphatic heterocycles. The van der Waals surface area contributed by atoms with Crippen LogP contribution in [0.15, 0.2) is 12.3 Å². The lowest BCUT2D eigenvalue weighted by molar-refractivity contribution is -0.137. The second-order valence-electron chi connectivity index (χ2n) is 7.87. The van der Waals surface area contributed by atoms with Crippen LogP contribution in [0.2, 0.25) is 5.15 Å².